The van der Waals surface area contributed by atoms with E-state index in [1.165, 1.54) is 18.3 Å². The van der Waals surface area contributed by atoms with Crippen molar-refractivity contribution in [3.8, 4) is 0 Å². The van der Waals surface area contributed by atoms with Crippen molar-refractivity contribution in [3.63, 3.8) is 0 Å². The van der Waals surface area contributed by atoms with Crippen LogP contribution in [0.4, 0.5) is 21.5 Å². The number of non-ortho nitro benzene ring substituents is 1. The summed E-state index contributed by atoms with van der Waals surface area (Å²) < 4.78 is 39.7. The molecule has 0 spiro atoms. The first-order valence-electron chi connectivity index (χ1n) is 5.48. The van der Waals surface area contributed by atoms with Gasteiger partial charge in [0.1, 0.15) is 0 Å². The summed E-state index contributed by atoms with van der Waals surface area (Å²) in [5.74, 6) is -1.08. The van der Waals surface area contributed by atoms with Crippen molar-refractivity contribution in [2.45, 2.75) is 5.03 Å². The number of pyridine rings is 1. The average Bonchev–Trinajstić information content (AvgIpc) is 2.41. The van der Waals surface area contributed by atoms with E-state index in [-0.39, 0.29) is 5.69 Å². The number of nitrogens with one attached hydrogen (secondary N) is 1. The van der Waals surface area contributed by atoms with Gasteiger partial charge in [-0.05, 0) is 18.2 Å². The lowest BCUT2D eigenvalue weighted by molar-refractivity contribution is -0.385. The molecule has 0 radical (unpaired) electrons. The predicted molar refractivity (Wildman–Crippen MR) is 72.5 cm³/mol. The molecule has 0 amide bonds. The van der Waals surface area contributed by atoms with Crippen LogP contribution in [0.25, 0.3) is 0 Å². The SMILES string of the molecule is Nc1cccnc1S(=O)(=O)Nc1ccc([N+](=O)[O-])cc1F. The van der Waals surface area contributed by atoms with Gasteiger partial charge in [-0.2, -0.15) is 8.42 Å². The molecule has 10 heteroatoms. The van der Waals surface area contributed by atoms with Crippen molar-refractivity contribution in [2.75, 3.05) is 10.5 Å². The molecule has 0 saturated heterocycles. The standard InChI is InChI=1S/C11H9FN4O4S/c12-8-6-7(16(17)18)3-4-10(8)15-21(19,20)11-9(13)2-1-5-14-11/h1-6,15H,13H2. The Morgan fingerprint density at radius 1 is 1.33 bits per heavy atom. The number of nitrogen functional groups attached to an aromatic ring is 1. The van der Waals surface area contributed by atoms with Gasteiger partial charge in [0.05, 0.1) is 22.4 Å². The van der Waals surface area contributed by atoms with E-state index in [1.807, 2.05) is 4.72 Å². The second-order valence-electron chi connectivity index (χ2n) is 3.92. The normalized spacial score (nSPS) is 11.1. The lowest BCUT2D eigenvalue weighted by Gasteiger charge is -2.09. The summed E-state index contributed by atoms with van der Waals surface area (Å²) in [7, 11) is -4.20. The molecule has 0 atom stereocenters. The first kappa shape index (κ1) is 14.7. The molecule has 21 heavy (non-hydrogen) atoms. The van der Waals surface area contributed by atoms with Crippen LogP contribution >= 0.6 is 0 Å². The highest BCUT2D eigenvalue weighted by molar-refractivity contribution is 7.92. The third kappa shape index (κ3) is 3.05. The topological polar surface area (TPSA) is 128 Å². The van der Waals surface area contributed by atoms with Crippen molar-refractivity contribution in [2.24, 2.45) is 0 Å². The number of aromatic nitrogens is 1. The fraction of sp³-hybridized carbons (Fsp3) is 0. The zero-order valence-corrected chi connectivity index (χ0v) is 11.2. The van der Waals surface area contributed by atoms with E-state index in [2.05, 4.69) is 4.98 Å². The van der Waals surface area contributed by atoms with Crippen LogP contribution < -0.4 is 10.5 Å². The third-order valence-electron chi connectivity index (χ3n) is 2.46. The molecule has 0 aliphatic rings. The van der Waals surface area contributed by atoms with Crippen LogP contribution in [0.3, 0.4) is 0 Å². The number of nitrogens with zero attached hydrogens (tertiary/aromatic N) is 2. The van der Waals surface area contributed by atoms with E-state index in [1.54, 1.807) is 0 Å². The zero-order chi connectivity index (χ0) is 15.6. The number of hydrogen-bond acceptors (Lipinski definition) is 6. The number of nitrogens with two attached hydrogens (primary N) is 1. The summed E-state index contributed by atoms with van der Waals surface area (Å²) >= 11 is 0. The van der Waals surface area contributed by atoms with Crippen LogP contribution in [0.2, 0.25) is 0 Å². The van der Waals surface area contributed by atoms with Gasteiger partial charge in [-0.15, -0.1) is 0 Å². The molecule has 0 saturated carbocycles. The van der Waals surface area contributed by atoms with Crippen LogP contribution in [0.1, 0.15) is 0 Å². The average molecular weight is 312 g/mol. The quantitative estimate of drug-likeness (QED) is 0.650. The molecule has 0 fully saturated rings. The summed E-state index contributed by atoms with van der Waals surface area (Å²) in [5, 5.41) is 10.0. The molecule has 1 heterocycles. The van der Waals surface area contributed by atoms with E-state index in [0.29, 0.717) is 6.07 Å². The highest BCUT2D eigenvalue weighted by Crippen LogP contribution is 2.24. The third-order valence-corrected chi connectivity index (χ3v) is 3.80. The fourth-order valence-corrected chi connectivity index (χ4v) is 2.65. The molecular weight excluding hydrogens is 303 g/mol. The number of halogens is 1. The number of hydrogen-bond donors (Lipinski definition) is 2. The van der Waals surface area contributed by atoms with Crippen LogP contribution in [-0.2, 0) is 10.0 Å². The van der Waals surface area contributed by atoms with Crippen LogP contribution in [-0.4, -0.2) is 18.3 Å². The van der Waals surface area contributed by atoms with Gasteiger partial charge in [0.25, 0.3) is 15.7 Å². The summed E-state index contributed by atoms with van der Waals surface area (Å²) in [6.45, 7) is 0. The minimum atomic E-state index is -4.20. The molecule has 0 aliphatic heterocycles. The number of anilines is 2. The van der Waals surface area contributed by atoms with Gasteiger partial charge in [-0.3, -0.25) is 14.8 Å². The maximum Gasteiger partial charge on any atom is 0.281 e. The highest BCUT2D eigenvalue weighted by Gasteiger charge is 2.21. The highest BCUT2D eigenvalue weighted by atomic mass is 32.2. The Balaban J connectivity index is 2.38. The second-order valence-corrected chi connectivity index (χ2v) is 5.52. The Morgan fingerprint density at radius 3 is 2.62 bits per heavy atom. The molecule has 1 aromatic heterocycles. The van der Waals surface area contributed by atoms with Gasteiger partial charge in [-0.25, -0.2) is 9.37 Å². The minimum absolute atomic E-state index is 0.104. The first-order valence-corrected chi connectivity index (χ1v) is 6.97. The number of nitro benzene ring substituents is 1. The van der Waals surface area contributed by atoms with Gasteiger partial charge in [0.15, 0.2) is 10.8 Å². The van der Waals surface area contributed by atoms with E-state index in [0.717, 1.165) is 12.1 Å². The van der Waals surface area contributed by atoms with Gasteiger partial charge in [0.2, 0.25) is 0 Å². The largest absolute Gasteiger partial charge is 0.396 e. The monoisotopic (exact) mass is 312 g/mol. The lowest BCUT2D eigenvalue weighted by Crippen LogP contribution is -2.17. The Hall–Kier alpha value is -2.75. The molecule has 2 rings (SSSR count). The molecule has 0 unspecified atom stereocenters. The summed E-state index contributed by atoms with van der Waals surface area (Å²) in [6, 6.07) is 5.31. The minimum Gasteiger partial charge on any atom is -0.396 e. The molecule has 0 bridgehead atoms. The molecular formula is C11H9FN4O4S. The summed E-state index contributed by atoms with van der Waals surface area (Å²) in [4.78, 5) is 13.3. The molecule has 110 valence electrons. The maximum atomic E-state index is 13.7. The first-order chi connectivity index (χ1) is 9.81. The molecule has 3 N–H and O–H groups in total. The van der Waals surface area contributed by atoms with E-state index in [9.17, 15) is 22.9 Å². The number of sulfonamides is 1. The van der Waals surface area contributed by atoms with Crippen molar-refractivity contribution in [1.29, 1.82) is 0 Å². The van der Waals surface area contributed by atoms with Gasteiger partial charge < -0.3 is 5.73 Å². The summed E-state index contributed by atoms with van der Waals surface area (Å²) in [5.41, 5.74) is 4.46. The fourth-order valence-electron chi connectivity index (χ4n) is 1.52. The Morgan fingerprint density at radius 2 is 2.05 bits per heavy atom. The van der Waals surface area contributed by atoms with E-state index >= 15 is 0 Å². The number of benzene rings is 1. The Bertz CT molecular complexity index is 810. The molecule has 2 aromatic rings. The second kappa shape index (κ2) is 5.32. The van der Waals surface area contributed by atoms with Gasteiger partial charge in [0, 0.05) is 12.3 Å². The van der Waals surface area contributed by atoms with Crippen LogP contribution in [0.5, 0.6) is 0 Å². The predicted octanol–water partition coefficient (Wildman–Crippen LogP) is 1.51. The van der Waals surface area contributed by atoms with Gasteiger partial charge in [-0.1, -0.05) is 0 Å². The van der Waals surface area contributed by atoms with Crippen molar-refractivity contribution in [1.82, 2.24) is 4.98 Å². The van der Waals surface area contributed by atoms with E-state index < -0.39 is 37.2 Å². The summed E-state index contributed by atoms with van der Waals surface area (Å²) in [6.07, 6.45) is 1.22. The van der Waals surface area contributed by atoms with Crippen molar-refractivity contribution < 1.29 is 17.7 Å². The van der Waals surface area contributed by atoms with Crippen LogP contribution in [0, 0.1) is 15.9 Å². The lowest BCUT2D eigenvalue weighted by atomic mass is 10.3. The molecule has 8 nitrogen and oxygen atoms in total. The number of rotatable bonds is 4. The Labute approximate surface area is 118 Å². The van der Waals surface area contributed by atoms with Crippen molar-refractivity contribution >= 4 is 27.1 Å². The van der Waals surface area contributed by atoms with Crippen LogP contribution in [0.15, 0.2) is 41.6 Å². The van der Waals surface area contributed by atoms with E-state index in [4.69, 9.17) is 5.73 Å². The zero-order valence-electron chi connectivity index (χ0n) is 10.4. The Kier molecular flexibility index (Phi) is 3.72. The maximum absolute atomic E-state index is 13.7. The van der Waals surface area contributed by atoms with Gasteiger partial charge >= 0.3 is 0 Å². The smallest absolute Gasteiger partial charge is 0.281 e. The van der Waals surface area contributed by atoms with Crippen molar-refractivity contribution in [3.05, 3.63) is 52.5 Å². The number of nitro groups is 1. The molecule has 0 aliphatic carbocycles. The molecule has 1 aromatic carbocycles.